The molecule has 0 radical (unpaired) electrons. The molecule has 0 amide bonds. The molecule has 0 heterocycles. The fraction of sp³-hybridized carbons (Fsp3) is 0.600. The molecule has 0 aromatic heterocycles. The number of carbonyl (C=O) groups is 2. The minimum Gasteiger partial charge on any atom is -0.460 e. The molecule has 3 nitrogen and oxygen atoms in total. The van der Waals surface area contributed by atoms with Crippen LogP contribution in [0.1, 0.15) is 33.6 Å². The van der Waals surface area contributed by atoms with Gasteiger partial charge in [0.05, 0.1) is 6.61 Å². The molecule has 0 aliphatic heterocycles. The SMILES string of the molecule is CCOC(=O)C(=O)CCC=C(C)C. The van der Waals surface area contributed by atoms with Crippen LogP contribution in [0.4, 0.5) is 0 Å². The summed E-state index contributed by atoms with van der Waals surface area (Å²) in [7, 11) is 0. The van der Waals surface area contributed by atoms with E-state index < -0.39 is 11.8 Å². The highest BCUT2D eigenvalue weighted by Crippen LogP contribution is 1.99. The van der Waals surface area contributed by atoms with Crippen molar-refractivity contribution in [2.75, 3.05) is 6.61 Å². The van der Waals surface area contributed by atoms with Crippen molar-refractivity contribution >= 4 is 11.8 Å². The fourth-order valence-corrected chi connectivity index (χ4v) is 0.806. The van der Waals surface area contributed by atoms with Gasteiger partial charge in [-0.25, -0.2) is 4.79 Å². The predicted molar refractivity (Wildman–Crippen MR) is 50.3 cm³/mol. The van der Waals surface area contributed by atoms with Crippen molar-refractivity contribution in [3.05, 3.63) is 11.6 Å². The van der Waals surface area contributed by atoms with Crippen molar-refractivity contribution in [2.45, 2.75) is 33.6 Å². The van der Waals surface area contributed by atoms with Gasteiger partial charge in [0, 0.05) is 6.42 Å². The summed E-state index contributed by atoms with van der Waals surface area (Å²) in [5, 5.41) is 0. The molecule has 0 saturated carbocycles. The van der Waals surface area contributed by atoms with Crippen LogP contribution < -0.4 is 0 Å². The molecule has 0 spiro atoms. The van der Waals surface area contributed by atoms with Crippen LogP contribution in [0.25, 0.3) is 0 Å². The number of hydrogen-bond donors (Lipinski definition) is 0. The first-order valence-electron chi connectivity index (χ1n) is 4.41. The molecule has 0 aromatic rings. The Labute approximate surface area is 78.8 Å². The number of ether oxygens (including phenoxy) is 1. The lowest BCUT2D eigenvalue weighted by molar-refractivity contribution is -0.153. The monoisotopic (exact) mass is 184 g/mol. The Morgan fingerprint density at radius 1 is 1.31 bits per heavy atom. The molecule has 0 aliphatic rings. The van der Waals surface area contributed by atoms with Gasteiger partial charge >= 0.3 is 5.97 Å². The van der Waals surface area contributed by atoms with Crippen molar-refractivity contribution in [3.63, 3.8) is 0 Å². The normalized spacial score (nSPS) is 9.15. The van der Waals surface area contributed by atoms with E-state index >= 15 is 0 Å². The highest BCUT2D eigenvalue weighted by atomic mass is 16.5. The van der Waals surface area contributed by atoms with Gasteiger partial charge < -0.3 is 4.74 Å². The zero-order chi connectivity index (χ0) is 10.3. The van der Waals surface area contributed by atoms with E-state index in [4.69, 9.17) is 0 Å². The minimum atomic E-state index is -0.718. The van der Waals surface area contributed by atoms with Crippen LogP contribution in [0.15, 0.2) is 11.6 Å². The van der Waals surface area contributed by atoms with E-state index in [1.807, 2.05) is 19.9 Å². The van der Waals surface area contributed by atoms with Gasteiger partial charge in [0.1, 0.15) is 0 Å². The number of rotatable bonds is 5. The smallest absolute Gasteiger partial charge is 0.374 e. The summed E-state index contributed by atoms with van der Waals surface area (Å²) >= 11 is 0. The van der Waals surface area contributed by atoms with Gasteiger partial charge in [-0.2, -0.15) is 0 Å². The van der Waals surface area contributed by atoms with Crippen LogP contribution >= 0.6 is 0 Å². The molecule has 0 aliphatic carbocycles. The molecule has 0 saturated heterocycles. The first kappa shape index (κ1) is 11.9. The molecule has 0 N–H and O–H groups in total. The first-order valence-corrected chi connectivity index (χ1v) is 4.41. The third-order valence-corrected chi connectivity index (χ3v) is 1.43. The molecule has 3 heteroatoms. The largest absolute Gasteiger partial charge is 0.460 e. The van der Waals surface area contributed by atoms with Gasteiger partial charge in [-0.1, -0.05) is 11.6 Å². The van der Waals surface area contributed by atoms with Gasteiger partial charge in [0.2, 0.25) is 5.78 Å². The Morgan fingerprint density at radius 2 is 1.92 bits per heavy atom. The lowest BCUT2D eigenvalue weighted by Gasteiger charge is -1.98. The maximum atomic E-state index is 11.0. The Balaban J connectivity index is 3.75. The first-order chi connectivity index (χ1) is 6.07. The number of Topliss-reactive ketones (excluding diaryl/α,β-unsaturated/α-hetero) is 1. The van der Waals surface area contributed by atoms with E-state index in [1.165, 1.54) is 0 Å². The number of carbonyl (C=O) groups excluding carboxylic acids is 2. The van der Waals surface area contributed by atoms with Gasteiger partial charge in [-0.05, 0) is 27.2 Å². The summed E-state index contributed by atoms with van der Waals surface area (Å²) in [6, 6.07) is 0. The second-order valence-corrected chi connectivity index (χ2v) is 2.96. The summed E-state index contributed by atoms with van der Waals surface area (Å²) in [6.45, 7) is 5.85. The van der Waals surface area contributed by atoms with E-state index in [2.05, 4.69) is 4.74 Å². The molecule has 74 valence electrons. The van der Waals surface area contributed by atoms with Crippen molar-refractivity contribution in [1.29, 1.82) is 0 Å². The van der Waals surface area contributed by atoms with Crippen LogP contribution in [0.3, 0.4) is 0 Å². The van der Waals surface area contributed by atoms with Gasteiger partial charge in [-0.15, -0.1) is 0 Å². The molecule has 0 aromatic carbocycles. The molecule has 0 fully saturated rings. The van der Waals surface area contributed by atoms with E-state index in [-0.39, 0.29) is 13.0 Å². The van der Waals surface area contributed by atoms with E-state index in [9.17, 15) is 9.59 Å². The van der Waals surface area contributed by atoms with Gasteiger partial charge in [-0.3, -0.25) is 4.79 Å². The van der Waals surface area contributed by atoms with Crippen molar-refractivity contribution in [2.24, 2.45) is 0 Å². The van der Waals surface area contributed by atoms with Crippen molar-refractivity contribution < 1.29 is 14.3 Å². The average Bonchev–Trinajstić information content (AvgIpc) is 2.04. The summed E-state index contributed by atoms with van der Waals surface area (Å²) in [6.07, 6.45) is 2.78. The van der Waals surface area contributed by atoms with Crippen LogP contribution in [0.5, 0.6) is 0 Å². The standard InChI is InChI=1S/C10H16O3/c1-4-13-10(12)9(11)7-5-6-8(2)3/h6H,4-5,7H2,1-3H3. The number of hydrogen-bond acceptors (Lipinski definition) is 3. The quantitative estimate of drug-likeness (QED) is 0.372. The van der Waals surface area contributed by atoms with E-state index in [0.717, 1.165) is 5.57 Å². The maximum Gasteiger partial charge on any atom is 0.374 e. The second kappa shape index (κ2) is 6.40. The molecule has 13 heavy (non-hydrogen) atoms. The average molecular weight is 184 g/mol. The lowest BCUT2D eigenvalue weighted by atomic mass is 10.2. The summed E-state index contributed by atoms with van der Waals surface area (Å²) < 4.78 is 4.55. The minimum absolute atomic E-state index is 0.240. The van der Waals surface area contributed by atoms with Crippen LogP contribution in [0, 0.1) is 0 Å². The number of esters is 1. The topological polar surface area (TPSA) is 43.4 Å². The van der Waals surface area contributed by atoms with Crippen LogP contribution in [-0.4, -0.2) is 18.4 Å². The second-order valence-electron chi connectivity index (χ2n) is 2.96. The highest BCUT2D eigenvalue weighted by Gasteiger charge is 2.12. The van der Waals surface area contributed by atoms with E-state index in [0.29, 0.717) is 6.42 Å². The number of allylic oxidation sites excluding steroid dienone is 2. The van der Waals surface area contributed by atoms with Crippen molar-refractivity contribution in [3.8, 4) is 0 Å². The van der Waals surface area contributed by atoms with Crippen molar-refractivity contribution in [1.82, 2.24) is 0 Å². The Morgan fingerprint density at radius 3 is 2.38 bits per heavy atom. The molecule has 0 bridgehead atoms. The molecule has 0 atom stereocenters. The third-order valence-electron chi connectivity index (χ3n) is 1.43. The Hall–Kier alpha value is -1.12. The Kier molecular flexibility index (Phi) is 5.85. The molecule has 0 rings (SSSR count). The van der Waals surface area contributed by atoms with E-state index in [1.54, 1.807) is 6.92 Å². The molecule has 0 unspecified atom stereocenters. The summed E-state index contributed by atoms with van der Waals surface area (Å²) in [4.78, 5) is 21.8. The summed E-state index contributed by atoms with van der Waals surface area (Å²) in [5.74, 6) is -1.16. The fourth-order valence-electron chi connectivity index (χ4n) is 0.806. The summed E-state index contributed by atoms with van der Waals surface area (Å²) in [5.41, 5.74) is 1.15. The zero-order valence-corrected chi connectivity index (χ0v) is 8.42. The number of ketones is 1. The maximum absolute atomic E-state index is 11.0. The predicted octanol–water partition coefficient (Wildman–Crippen LogP) is 1.86. The lowest BCUT2D eigenvalue weighted by Crippen LogP contribution is -2.16. The highest BCUT2D eigenvalue weighted by molar-refractivity contribution is 6.33. The van der Waals surface area contributed by atoms with Crippen LogP contribution in [-0.2, 0) is 14.3 Å². The van der Waals surface area contributed by atoms with Crippen LogP contribution in [0.2, 0.25) is 0 Å². The van der Waals surface area contributed by atoms with Gasteiger partial charge in [0.15, 0.2) is 0 Å². The zero-order valence-electron chi connectivity index (χ0n) is 8.42. The molecular formula is C10H16O3. The third kappa shape index (κ3) is 6.08. The molecular weight excluding hydrogens is 168 g/mol. The van der Waals surface area contributed by atoms with Gasteiger partial charge in [0.25, 0.3) is 0 Å². The Bertz CT molecular complexity index is 212.